The van der Waals surface area contributed by atoms with Gasteiger partial charge in [-0.05, 0) is 43.0 Å². The van der Waals surface area contributed by atoms with Crippen molar-refractivity contribution in [3.05, 3.63) is 65.0 Å². The van der Waals surface area contributed by atoms with Gasteiger partial charge in [0.15, 0.2) is 0 Å². The second-order valence-corrected chi connectivity index (χ2v) is 4.85. The first-order chi connectivity index (χ1) is 8.65. The summed E-state index contributed by atoms with van der Waals surface area (Å²) in [7, 11) is 0. The molecule has 2 aromatic rings. The normalized spacial score (nSPS) is 12.4. The first kappa shape index (κ1) is 12.8. The Morgan fingerprint density at radius 3 is 2.72 bits per heavy atom. The molecule has 0 spiro atoms. The average molecular weight is 241 g/mol. The molecule has 1 heterocycles. The second-order valence-electron chi connectivity index (χ2n) is 4.85. The molecule has 2 heteroatoms. The number of aromatic nitrogens is 1. The number of pyridine rings is 1. The predicted molar refractivity (Wildman–Crippen MR) is 73.6 cm³/mol. The molecule has 0 aliphatic carbocycles. The van der Waals surface area contributed by atoms with Crippen LogP contribution in [0.15, 0.2) is 42.7 Å². The van der Waals surface area contributed by atoms with Gasteiger partial charge in [0, 0.05) is 18.8 Å². The highest BCUT2D eigenvalue weighted by Gasteiger charge is 2.09. The molecule has 1 unspecified atom stereocenters. The van der Waals surface area contributed by atoms with E-state index in [4.69, 9.17) is 0 Å². The van der Waals surface area contributed by atoms with E-state index in [2.05, 4.69) is 37.0 Å². The average Bonchev–Trinajstić information content (AvgIpc) is 2.35. The van der Waals surface area contributed by atoms with Crippen LogP contribution in [0.3, 0.4) is 0 Å². The van der Waals surface area contributed by atoms with Crippen molar-refractivity contribution >= 4 is 0 Å². The van der Waals surface area contributed by atoms with Gasteiger partial charge in [-0.1, -0.05) is 29.8 Å². The van der Waals surface area contributed by atoms with Gasteiger partial charge < -0.3 is 5.11 Å². The predicted octanol–water partition coefficient (Wildman–Crippen LogP) is 2.84. The molecule has 0 aliphatic rings. The summed E-state index contributed by atoms with van der Waals surface area (Å²) < 4.78 is 0. The zero-order valence-electron chi connectivity index (χ0n) is 10.9. The van der Waals surface area contributed by atoms with Gasteiger partial charge in [0.05, 0.1) is 6.10 Å². The molecule has 1 atom stereocenters. The van der Waals surface area contributed by atoms with Crippen LogP contribution in [0.5, 0.6) is 0 Å². The van der Waals surface area contributed by atoms with E-state index in [1.807, 2.05) is 18.3 Å². The number of aliphatic hydroxyl groups is 1. The fraction of sp³-hybridized carbons (Fsp3) is 0.312. The monoisotopic (exact) mass is 241 g/mol. The summed E-state index contributed by atoms with van der Waals surface area (Å²) in [4.78, 5) is 4.07. The molecule has 2 rings (SSSR count). The van der Waals surface area contributed by atoms with E-state index in [1.165, 1.54) is 16.7 Å². The minimum atomic E-state index is -0.352. The van der Waals surface area contributed by atoms with E-state index in [0.717, 1.165) is 5.56 Å². The Morgan fingerprint density at radius 1 is 1.17 bits per heavy atom. The maximum absolute atomic E-state index is 10.1. The van der Waals surface area contributed by atoms with Gasteiger partial charge in [-0.15, -0.1) is 0 Å². The molecule has 1 aromatic carbocycles. The van der Waals surface area contributed by atoms with Crippen LogP contribution in [0.4, 0.5) is 0 Å². The molecule has 0 saturated heterocycles. The first-order valence-electron chi connectivity index (χ1n) is 6.28. The topological polar surface area (TPSA) is 33.1 Å². The zero-order chi connectivity index (χ0) is 13.0. The fourth-order valence-corrected chi connectivity index (χ4v) is 2.14. The lowest BCUT2D eigenvalue weighted by Crippen LogP contribution is -2.14. The van der Waals surface area contributed by atoms with Gasteiger partial charge >= 0.3 is 0 Å². The number of hydrogen-bond acceptors (Lipinski definition) is 2. The lowest BCUT2D eigenvalue weighted by Gasteiger charge is -2.13. The summed E-state index contributed by atoms with van der Waals surface area (Å²) in [5.41, 5.74) is 4.79. The fourth-order valence-electron chi connectivity index (χ4n) is 2.14. The molecule has 0 amide bonds. The number of nitrogens with zero attached hydrogens (tertiary/aromatic N) is 1. The summed E-state index contributed by atoms with van der Waals surface area (Å²) in [6.07, 6.45) is 4.56. The highest BCUT2D eigenvalue weighted by Crippen LogP contribution is 2.14. The molecule has 1 aromatic heterocycles. The first-order valence-corrected chi connectivity index (χ1v) is 6.28. The van der Waals surface area contributed by atoms with E-state index in [-0.39, 0.29) is 6.10 Å². The minimum absolute atomic E-state index is 0.352. The Morgan fingerprint density at radius 2 is 2.00 bits per heavy atom. The Labute approximate surface area is 108 Å². The van der Waals surface area contributed by atoms with Crippen LogP contribution in [0.1, 0.15) is 22.3 Å². The van der Waals surface area contributed by atoms with Crippen LogP contribution >= 0.6 is 0 Å². The highest BCUT2D eigenvalue weighted by atomic mass is 16.3. The number of aryl methyl sites for hydroxylation is 2. The van der Waals surface area contributed by atoms with Crippen molar-refractivity contribution in [1.29, 1.82) is 0 Å². The lowest BCUT2D eigenvalue weighted by atomic mass is 9.97. The van der Waals surface area contributed by atoms with Gasteiger partial charge in [-0.3, -0.25) is 4.98 Å². The Hall–Kier alpha value is -1.67. The molecule has 0 bridgehead atoms. The maximum atomic E-state index is 10.1. The molecule has 0 radical (unpaired) electrons. The van der Waals surface area contributed by atoms with E-state index >= 15 is 0 Å². The summed E-state index contributed by atoms with van der Waals surface area (Å²) in [6.45, 7) is 4.17. The van der Waals surface area contributed by atoms with Gasteiger partial charge in [-0.2, -0.15) is 0 Å². The van der Waals surface area contributed by atoms with Crippen molar-refractivity contribution in [2.75, 3.05) is 0 Å². The number of benzene rings is 1. The SMILES string of the molecule is Cc1ccc(C)c(CC(O)Cc2cccnc2)c1. The van der Waals surface area contributed by atoms with Crippen LogP contribution in [-0.4, -0.2) is 16.2 Å². The van der Waals surface area contributed by atoms with Crippen molar-refractivity contribution in [2.45, 2.75) is 32.8 Å². The van der Waals surface area contributed by atoms with Crippen molar-refractivity contribution in [2.24, 2.45) is 0 Å². The summed E-state index contributed by atoms with van der Waals surface area (Å²) >= 11 is 0. The van der Waals surface area contributed by atoms with Gasteiger partial charge in [0.1, 0.15) is 0 Å². The molecular formula is C16H19NO. The van der Waals surface area contributed by atoms with Gasteiger partial charge in [-0.25, -0.2) is 0 Å². The second kappa shape index (κ2) is 5.78. The third kappa shape index (κ3) is 3.41. The van der Waals surface area contributed by atoms with E-state index in [0.29, 0.717) is 12.8 Å². The quantitative estimate of drug-likeness (QED) is 0.893. The summed E-state index contributed by atoms with van der Waals surface area (Å²) in [5.74, 6) is 0. The van der Waals surface area contributed by atoms with Gasteiger partial charge in [0.25, 0.3) is 0 Å². The smallest absolute Gasteiger partial charge is 0.0621 e. The van der Waals surface area contributed by atoms with Crippen LogP contribution < -0.4 is 0 Å². The Kier molecular flexibility index (Phi) is 4.11. The van der Waals surface area contributed by atoms with E-state index in [9.17, 15) is 5.11 Å². The van der Waals surface area contributed by atoms with Gasteiger partial charge in [0.2, 0.25) is 0 Å². The molecule has 1 N–H and O–H groups in total. The molecule has 18 heavy (non-hydrogen) atoms. The minimum Gasteiger partial charge on any atom is -0.392 e. The molecule has 94 valence electrons. The molecule has 0 saturated carbocycles. The van der Waals surface area contributed by atoms with Crippen LogP contribution in [0.25, 0.3) is 0 Å². The lowest BCUT2D eigenvalue weighted by molar-refractivity contribution is 0.175. The Balaban J connectivity index is 2.03. The largest absolute Gasteiger partial charge is 0.392 e. The van der Waals surface area contributed by atoms with Crippen LogP contribution in [0, 0.1) is 13.8 Å². The van der Waals surface area contributed by atoms with Crippen molar-refractivity contribution in [3.8, 4) is 0 Å². The summed E-state index contributed by atoms with van der Waals surface area (Å²) in [5, 5.41) is 10.1. The van der Waals surface area contributed by atoms with Crippen molar-refractivity contribution < 1.29 is 5.11 Å². The number of aliphatic hydroxyl groups excluding tert-OH is 1. The van der Waals surface area contributed by atoms with Crippen LogP contribution in [-0.2, 0) is 12.8 Å². The number of rotatable bonds is 4. The van der Waals surface area contributed by atoms with E-state index in [1.54, 1.807) is 6.20 Å². The molecular weight excluding hydrogens is 222 g/mol. The highest BCUT2D eigenvalue weighted by molar-refractivity contribution is 5.31. The zero-order valence-corrected chi connectivity index (χ0v) is 10.9. The molecule has 0 fully saturated rings. The standard InChI is InChI=1S/C16H19NO/c1-12-5-6-13(2)15(8-12)10-16(18)9-14-4-3-7-17-11-14/h3-8,11,16,18H,9-10H2,1-2H3. The Bertz CT molecular complexity index is 508. The van der Waals surface area contributed by atoms with E-state index < -0.39 is 0 Å². The van der Waals surface area contributed by atoms with Crippen LogP contribution in [0.2, 0.25) is 0 Å². The maximum Gasteiger partial charge on any atom is 0.0621 e. The summed E-state index contributed by atoms with van der Waals surface area (Å²) in [6, 6.07) is 10.3. The van der Waals surface area contributed by atoms with Crippen molar-refractivity contribution in [3.63, 3.8) is 0 Å². The third-order valence-corrected chi connectivity index (χ3v) is 3.15. The number of hydrogen-bond donors (Lipinski definition) is 1. The van der Waals surface area contributed by atoms with Crippen molar-refractivity contribution in [1.82, 2.24) is 4.98 Å². The molecule has 0 aliphatic heterocycles. The molecule has 2 nitrogen and oxygen atoms in total. The third-order valence-electron chi connectivity index (χ3n) is 3.15.